The van der Waals surface area contributed by atoms with Gasteiger partial charge in [-0.05, 0) is 128 Å². The fourth-order valence-electron chi connectivity index (χ4n) is 12.2. The van der Waals surface area contributed by atoms with Gasteiger partial charge in [-0.2, -0.15) is 0 Å². The Balaban J connectivity index is 1.46. The highest BCUT2D eigenvalue weighted by molar-refractivity contribution is 5.66. The second-order valence-corrected chi connectivity index (χ2v) is 15.1. The highest BCUT2D eigenvalue weighted by Gasteiger charge is 2.70. The van der Waals surface area contributed by atoms with Crippen molar-refractivity contribution >= 4 is 5.97 Å². The van der Waals surface area contributed by atoms with E-state index in [1.807, 2.05) is 0 Å². The summed E-state index contributed by atoms with van der Waals surface area (Å²) in [6.45, 7) is 19.8. The van der Waals surface area contributed by atoms with Gasteiger partial charge in [0.2, 0.25) is 0 Å². The van der Waals surface area contributed by atoms with E-state index in [1.165, 1.54) is 70.6 Å². The fourth-order valence-corrected chi connectivity index (χ4v) is 12.2. The molecule has 5 saturated carbocycles. The first-order chi connectivity index (χ1) is 15.3. The zero-order valence-electron chi connectivity index (χ0n) is 23.1. The highest BCUT2D eigenvalue weighted by atomic mass is 16.5. The number of rotatable bonds is 2. The quantitative estimate of drug-likeness (QED) is 0.390. The van der Waals surface area contributed by atoms with Gasteiger partial charge in [-0.1, -0.05) is 48.0 Å². The van der Waals surface area contributed by atoms with Crippen LogP contribution >= 0.6 is 0 Å². The number of ether oxygens (including phenoxy) is 1. The fraction of sp³-hybridized carbons (Fsp3) is 0.968. The van der Waals surface area contributed by atoms with Crippen LogP contribution in [0, 0.1) is 56.7 Å². The average Bonchev–Trinajstić information content (AvgIpc) is 3.04. The molecule has 0 aromatic rings. The van der Waals surface area contributed by atoms with Gasteiger partial charge in [-0.15, -0.1) is 0 Å². The molecular formula is C31H52O2. The molecule has 5 aliphatic carbocycles. The molecule has 5 rings (SSSR count). The summed E-state index contributed by atoms with van der Waals surface area (Å²) in [5.41, 5.74) is 2.39. The Labute approximate surface area is 204 Å². The Hall–Kier alpha value is -0.530. The van der Waals surface area contributed by atoms with E-state index in [0.717, 1.165) is 23.7 Å². The second kappa shape index (κ2) is 7.49. The summed E-state index contributed by atoms with van der Waals surface area (Å²) < 4.78 is 5.75. The van der Waals surface area contributed by atoms with Crippen LogP contribution in [0.25, 0.3) is 0 Å². The predicted octanol–water partition coefficient (Wildman–Crippen LogP) is 8.43. The molecule has 0 aromatic carbocycles. The number of carbonyl (C=O) groups excluding carboxylic acids is 1. The maximum atomic E-state index is 11.7. The van der Waals surface area contributed by atoms with E-state index in [1.54, 1.807) is 6.92 Å². The Kier molecular flexibility index (Phi) is 5.49. The van der Waals surface area contributed by atoms with Gasteiger partial charge >= 0.3 is 5.97 Å². The number of esters is 1. The molecule has 10 atom stereocenters. The van der Waals surface area contributed by atoms with Gasteiger partial charge in [0.15, 0.2) is 0 Å². The molecule has 0 aliphatic heterocycles. The third-order valence-corrected chi connectivity index (χ3v) is 13.7. The molecule has 0 amide bonds. The molecule has 0 bridgehead atoms. The van der Waals surface area contributed by atoms with Crippen molar-refractivity contribution in [3.8, 4) is 0 Å². The first-order valence-electron chi connectivity index (χ1n) is 14.5. The van der Waals surface area contributed by atoms with Crippen molar-refractivity contribution in [1.29, 1.82) is 0 Å². The molecule has 0 saturated heterocycles. The number of hydrogen-bond donors (Lipinski definition) is 0. The van der Waals surface area contributed by atoms with Gasteiger partial charge in [-0.3, -0.25) is 4.79 Å². The topological polar surface area (TPSA) is 26.3 Å². The summed E-state index contributed by atoms with van der Waals surface area (Å²) in [6, 6.07) is 0. The van der Waals surface area contributed by atoms with E-state index < -0.39 is 0 Å². The van der Waals surface area contributed by atoms with Crippen LogP contribution in [-0.4, -0.2) is 12.1 Å². The first-order valence-corrected chi connectivity index (χ1v) is 14.5. The standard InChI is InChI=1S/C31H52O2/c1-20(33-21(2)32)22-12-17-28(5)23(22)13-18-30(7)25(28)10-11-26-29(6)16-9-15-27(3,4)24(29)14-19-31(26,30)8/h20,22-26H,9-19H2,1-8H3/t20-,22+,23?,24?,25?,26?,28+,29+,30-,31-/m1/s1. The third kappa shape index (κ3) is 3.13. The van der Waals surface area contributed by atoms with Crippen LogP contribution in [0.1, 0.15) is 126 Å². The van der Waals surface area contributed by atoms with Crippen molar-refractivity contribution in [2.75, 3.05) is 0 Å². The zero-order chi connectivity index (χ0) is 24.0. The molecular weight excluding hydrogens is 404 g/mol. The summed E-state index contributed by atoms with van der Waals surface area (Å²) in [5.74, 6) is 3.81. The van der Waals surface area contributed by atoms with Crippen LogP contribution in [0.15, 0.2) is 0 Å². The molecule has 2 nitrogen and oxygen atoms in total. The smallest absolute Gasteiger partial charge is 0.302 e. The van der Waals surface area contributed by atoms with E-state index in [-0.39, 0.29) is 12.1 Å². The monoisotopic (exact) mass is 456 g/mol. The average molecular weight is 457 g/mol. The lowest BCUT2D eigenvalue weighted by Crippen LogP contribution is -2.65. The minimum atomic E-state index is -0.106. The molecule has 0 radical (unpaired) electrons. The molecule has 33 heavy (non-hydrogen) atoms. The Bertz CT molecular complexity index is 801. The van der Waals surface area contributed by atoms with Crippen molar-refractivity contribution in [2.45, 2.75) is 132 Å². The lowest BCUT2D eigenvalue weighted by atomic mass is 9.32. The molecule has 5 fully saturated rings. The first kappa shape index (κ1) is 24.2. The molecule has 0 N–H and O–H groups in total. The minimum absolute atomic E-state index is 0.0735. The molecule has 0 spiro atoms. The molecule has 188 valence electrons. The molecule has 2 heteroatoms. The Morgan fingerprint density at radius 3 is 1.97 bits per heavy atom. The number of hydrogen-bond acceptors (Lipinski definition) is 2. The lowest BCUT2D eigenvalue weighted by molar-refractivity contribution is -0.242. The van der Waals surface area contributed by atoms with Crippen LogP contribution in [0.5, 0.6) is 0 Å². The van der Waals surface area contributed by atoms with Crippen molar-refractivity contribution in [3.05, 3.63) is 0 Å². The summed E-state index contributed by atoms with van der Waals surface area (Å²) in [7, 11) is 0. The van der Waals surface area contributed by atoms with Crippen LogP contribution in [-0.2, 0) is 9.53 Å². The highest BCUT2D eigenvalue weighted by Crippen LogP contribution is 2.77. The molecule has 4 unspecified atom stereocenters. The van der Waals surface area contributed by atoms with Crippen LogP contribution in [0.4, 0.5) is 0 Å². The van der Waals surface area contributed by atoms with Gasteiger partial charge in [0.05, 0.1) is 0 Å². The van der Waals surface area contributed by atoms with E-state index in [2.05, 4.69) is 48.5 Å². The lowest BCUT2D eigenvalue weighted by Gasteiger charge is -2.73. The molecule has 0 heterocycles. The van der Waals surface area contributed by atoms with E-state index in [9.17, 15) is 4.79 Å². The normalized spacial score (nSPS) is 53.8. The van der Waals surface area contributed by atoms with Gasteiger partial charge in [0, 0.05) is 6.92 Å². The van der Waals surface area contributed by atoms with Crippen LogP contribution in [0.2, 0.25) is 0 Å². The number of fused-ring (bicyclic) bond motifs is 7. The van der Waals surface area contributed by atoms with Crippen LogP contribution < -0.4 is 0 Å². The van der Waals surface area contributed by atoms with Crippen molar-refractivity contribution in [2.24, 2.45) is 56.7 Å². The van der Waals surface area contributed by atoms with E-state index >= 15 is 0 Å². The maximum Gasteiger partial charge on any atom is 0.302 e. The second-order valence-electron chi connectivity index (χ2n) is 15.1. The van der Waals surface area contributed by atoms with Gasteiger partial charge in [0.25, 0.3) is 0 Å². The third-order valence-electron chi connectivity index (χ3n) is 13.7. The summed E-state index contributed by atoms with van der Waals surface area (Å²) in [6.07, 6.45) is 15.5. The molecule has 0 aromatic heterocycles. The molecule has 5 aliphatic rings. The predicted molar refractivity (Wildman–Crippen MR) is 136 cm³/mol. The van der Waals surface area contributed by atoms with Crippen molar-refractivity contribution < 1.29 is 9.53 Å². The van der Waals surface area contributed by atoms with E-state index in [0.29, 0.717) is 33.0 Å². The van der Waals surface area contributed by atoms with Gasteiger partial charge < -0.3 is 4.74 Å². The van der Waals surface area contributed by atoms with Crippen molar-refractivity contribution in [1.82, 2.24) is 0 Å². The summed E-state index contributed by atoms with van der Waals surface area (Å²) in [5, 5.41) is 0. The SMILES string of the molecule is CC(=O)O[C@H](C)[C@@H]1CC[C@@]2(C)C1CC[C@]1(C)C2CCC2[C@@]3(C)CCCC(C)(C)C3CC[C@]21C. The van der Waals surface area contributed by atoms with Crippen LogP contribution in [0.3, 0.4) is 0 Å². The van der Waals surface area contributed by atoms with Gasteiger partial charge in [0.1, 0.15) is 6.10 Å². The Morgan fingerprint density at radius 1 is 0.727 bits per heavy atom. The maximum absolute atomic E-state index is 11.7. The number of carbonyl (C=O) groups is 1. The van der Waals surface area contributed by atoms with E-state index in [4.69, 9.17) is 4.74 Å². The minimum Gasteiger partial charge on any atom is -0.463 e. The summed E-state index contributed by atoms with van der Waals surface area (Å²) >= 11 is 0. The zero-order valence-corrected chi connectivity index (χ0v) is 23.1. The van der Waals surface area contributed by atoms with Gasteiger partial charge in [-0.25, -0.2) is 0 Å². The largest absolute Gasteiger partial charge is 0.463 e. The summed E-state index contributed by atoms with van der Waals surface area (Å²) in [4.78, 5) is 11.7. The van der Waals surface area contributed by atoms with Crippen molar-refractivity contribution in [3.63, 3.8) is 0 Å². The Morgan fingerprint density at radius 2 is 1.33 bits per heavy atom.